The monoisotopic (exact) mass is 211 g/mol. The number of hydrogen-bond acceptors (Lipinski definition) is 3. The standard InChI is InChI=1S/C11H21N3O/c1-10(2)15-7-5-12-4-6-14-9-11(3)8-13-14/h8-10,12H,4-7H2,1-3H3. The molecule has 15 heavy (non-hydrogen) atoms. The first kappa shape index (κ1) is 12.2. The molecule has 0 bridgehead atoms. The summed E-state index contributed by atoms with van der Waals surface area (Å²) in [7, 11) is 0. The highest BCUT2D eigenvalue weighted by atomic mass is 16.5. The number of hydrogen-bond donors (Lipinski definition) is 1. The number of aryl methyl sites for hydroxylation is 1. The molecule has 0 spiro atoms. The molecule has 1 rings (SSSR count). The minimum atomic E-state index is 0.320. The van der Waals surface area contributed by atoms with E-state index in [1.54, 1.807) is 0 Å². The molecule has 0 aromatic carbocycles. The molecule has 1 heterocycles. The molecule has 1 aromatic rings. The summed E-state index contributed by atoms with van der Waals surface area (Å²) >= 11 is 0. The van der Waals surface area contributed by atoms with Crippen molar-refractivity contribution in [1.29, 1.82) is 0 Å². The molecule has 1 aromatic heterocycles. The van der Waals surface area contributed by atoms with Gasteiger partial charge in [-0.3, -0.25) is 4.68 Å². The Labute approximate surface area is 91.6 Å². The predicted octanol–water partition coefficient (Wildman–Crippen LogP) is 1.21. The van der Waals surface area contributed by atoms with E-state index in [0.717, 1.165) is 26.2 Å². The molecule has 0 atom stereocenters. The van der Waals surface area contributed by atoms with Crippen LogP contribution in [0.1, 0.15) is 19.4 Å². The van der Waals surface area contributed by atoms with E-state index in [4.69, 9.17) is 4.74 Å². The Morgan fingerprint density at radius 1 is 1.47 bits per heavy atom. The van der Waals surface area contributed by atoms with E-state index < -0.39 is 0 Å². The zero-order valence-electron chi connectivity index (χ0n) is 9.86. The van der Waals surface area contributed by atoms with Gasteiger partial charge in [-0.05, 0) is 26.3 Å². The van der Waals surface area contributed by atoms with E-state index in [-0.39, 0.29) is 0 Å². The SMILES string of the molecule is Cc1cnn(CCNCCOC(C)C)c1. The van der Waals surface area contributed by atoms with Gasteiger partial charge in [0.2, 0.25) is 0 Å². The van der Waals surface area contributed by atoms with Crippen molar-refractivity contribution >= 4 is 0 Å². The van der Waals surface area contributed by atoms with Crippen LogP contribution in [-0.2, 0) is 11.3 Å². The van der Waals surface area contributed by atoms with Gasteiger partial charge >= 0.3 is 0 Å². The summed E-state index contributed by atoms with van der Waals surface area (Å²) in [5, 5.41) is 7.52. The first-order chi connectivity index (χ1) is 7.18. The van der Waals surface area contributed by atoms with Crippen molar-refractivity contribution in [2.75, 3.05) is 19.7 Å². The Morgan fingerprint density at radius 2 is 2.27 bits per heavy atom. The third-order valence-electron chi connectivity index (χ3n) is 2.01. The van der Waals surface area contributed by atoms with Crippen LogP contribution < -0.4 is 5.32 Å². The van der Waals surface area contributed by atoms with Gasteiger partial charge in [0.25, 0.3) is 0 Å². The second-order valence-corrected chi connectivity index (χ2v) is 3.95. The first-order valence-corrected chi connectivity index (χ1v) is 5.50. The number of rotatable bonds is 7. The molecule has 0 amide bonds. The molecule has 0 radical (unpaired) electrons. The van der Waals surface area contributed by atoms with Gasteiger partial charge in [0.15, 0.2) is 0 Å². The Balaban J connectivity index is 1.98. The quantitative estimate of drug-likeness (QED) is 0.689. The van der Waals surface area contributed by atoms with Crippen LogP contribution in [0.25, 0.3) is 0 Å². The van der Waals surface area contributed by atoms with Crippen LogP contribution in [0.15, 0.2) is 12.4 Å². The van der Waals surface area contributed by atoms with E-state index in [1.165, 1.54) is 5.56 Å². The molecule has 0 aliphatic rings. The summed E-state index contributed by atoms with van der Waals surface area (Å²) in [5.74, 6) is 0. The van der Waals surface area contributed by atoms with Gasteiger partial charge < -0.3 is 10.1 Å². The van der Waals surface area contributed by atoms with Crippen molar-refractivity contribution < 1.29 is 4.74 Å². The van der Waals surface area contributed by atoms with E-state index >= 15 is 0 Å². The number of nitrogens with one attached hydrogen (secondary N) is 1. The van der Waals surface area contributed by atoms with Gasteiger partial charge in [-0.25, -0.2) is 0 Å². The van der Waals surface area contributed by atoms with Gasteiger partial charge in [-0.2, -0.15) is 5.10 Å². The van der Waals surface area contributed by atoms with Gasteiger partial charge in [0.05, 0.1) is 25.5 Å². The minimum Gasteiger partial charge on any atom is -0.377 e. The maximum atomic E-state index is 5.41. The second kappa shape index (κ2) is 6.58. The fraction of sp³-hybridized carbons (Fsp3) is 0.727. The molecular formula is C11H21N3O. The van der Waals surface area contributed by atoms with E-state index in [0.29, 0.717) is 6.10 Å². The van der Waals surface area contributed by atoms with Crippen LogP contribution in [-0.4, -0.2) is 35.6 Å². The van der Waals surface area contributed by atoms with Crippen molar-refractivity contribution in [2.45, 2.75) is 33.4 Å². The highest BCUT2D eigenvalue weighted by Gasteiger charge is 1.94. The highest BCUT2D eigenvalue weighted by molar-refractivity contribution is 4.99. The van der Waals surface area contributed by atoms with Crippen LogP contribution in [0.2, 0.25) is 0 Å². The van der Waals surface area contributed by atoms with Crippen LogP contribution in [0, 0.1) is 6.92 Å². The topological polar surface area (TPSA) is 39.1 Å². The van der Waals surface area contributed by atoms with Crippen LogP contribution in [0.4, 0.5) is 0 Å². The van der Waals surface area contributed by atoms with E-state index in [1.807, 2.05) is 37.8 Å². The molecule has 0 fully saturated rings. The maximum absolute atomic E-state index is 5.41. The summed E-state index contributed by atoms with van der Waals surface area (Å²) in [6.07, 6.45) is 4.24. The molecule has 0 saturated carbocycles. The highest BCUT2D eigenvalue weighted by Crippen LogP contribution is 1.92. The molecule has 4 nitrogen and oxygen atoms in total. The normalized spacial score (nSPS) is 11.2. The number of aromatic nitrogens is 2. The number of ether oxygens (including phenoxy) is 1. The molecular weight excluding hydrogens is 190 g/mol. The van der Waals surface area contributed by atoms with Crippen LogP contribution in [0.3, 0.4) is 0 Å². The van der Waals surface area contributed by atoms with Gasteiger partial charge in [-0.15, -0.1) is 0 Å². The lowest BCUT2D eigenvalue weighted by molar-refractivity contribution is 0.0808. The lowest BCUT2D eigenvalue weighted by Gasteiger charge is -2.08. The average Bonchev–Trinajstić information content (AvgIpc) is 2.57. The van der Waals surface area contributed by atoms with Crippen LogP contribution in [0.5, 0.6) is 0 Å². The van der Waals surface area contributed by atoms with Crippen molar-refractivity contribution in [3.63, 3.8) is 0 Å². The Bertz CT molecular complexity index is 271. The zero-order chi connectivity index (χ0) is 11.1. The fourth-order valence-corrected chi connectivity index (χ4v) is 1.27. The van der Waals surface area contributed by atoms with Crippen molar-refractivity contribution in [1.82, 2.24) is 15.1 Å². The van der Waals surface area contributed by atoms with Crippen molar-refractivity contribution in [3.05, 3.63) is 18.0 Å². The average molecular weight is 211 g/mol. The van der Waals surface area contributed by atoms with E-state index in [2.05, 4.69) is 10.4 Å². The Kier molecular flexibility index (Phi) is 5.36. The molecule has 0 aliphatic heterocycles. The van der Waals surface area contributed by atoms with Gasteiger partial charge in [0.1, 0.15) is 0 Å². The fourth-order valence-electron chi connectivity index (χ4n) is 1.27. The minimum absolute atomic E-state index is 0.320. The van der Waals surface area contributed by atoms with Gasteiger partial charge in [-0.1, -0.05) is 0 Å². The number of nitrogens with zero attached hydrogens (tertiary/aromatic N) is 2. The molecule has 4 heteroatoms. The summed E-state index contributed by atoms with van der Waals surface area (Å²) in [6.45, 7) is 9.67. The third kappa shape index (κ3) is 5.54. The molecule has 0 unspecified atom stereocenters. The predicted molar refractivity (Wildman–Crippen MR) is 60.9 cm³/mol. The smallest absolute Gasteiger partial charge is 0.0594 e. The summed E-state index contributed by atoms with van der Waals surface area (Å²) in [4.78, 5) is 0. The Hall–Kier alpha value is -0.870. The third-order valence-corrected chi connectivity index (χ3v) is 2.01. The lowest BCUT2D eigenvalue weighted by atomic mass is 10.4. The summed E-state index contributed by atoms with van der Waals surface area (Å²) in [6, 6.07) is 0. The van der Waals surface area contributed by atoms with E-state index in [9.17, 15) is 0 Å². The second-order valence-electron chi connectivity index (χ2n) is 3.95. The Morgan fingerprint density at radius 3 is 2.87 bits per heavy atom. The zero-order valence-corrected chi connectivity index (χ0v) is 9.86. The summed E-state index contributed by atoms with van der Waals surface area (Å²) < 4.78 is 7.36. The molecule has 86 valence electrons. The van der Waals surface area contributed by atoms with Gasteiger partial charge in [0, 0.05) is 19.3 Å². The largest absolute Gasteiger partial charge is 0.377 e. The van der Waals surface area contributed by atoms with Crippen LogP contribution >= 0.6 is 0 Å². The van der Waals surface area contributed by atoms with Crippen molar-refractivity contribution in [2.24, 2.45) is 0 Å². The molecule has 0 saturated heterocycles. The van der Waals surface area contributed by atoms with Crippen molar-refractivity contribution in [3.8, 4) is 0 Å². The lowest BCUT2D eigenvalue weighted by Crippen LogP contribution is -2.25. The molecule has 1 N–H and O–H groups in total. The first-order valence-electron chi connectivity index (χ1n) is 5.50. The summed E-state index contributed by atoms with van der Waals surface area (Å²) in [5.41, 5.74) is 1.21. The molecule has 0 aliphatic carbocycles. The maximum Gasteiger partial charge on any atom is 0.0594 e.